The number of carbonyl (C=O) groups is 1. The lowest BCUT2D eigenvalue weighted by molar-refractivity contribution is 0.102. The van der Waals surface area contributed by atoms with Crippen LogP contribution in [0.15, 0.2) is 111 Å². The van der Waals surface area contributed by atoms with E-state index in [2.05, 4.69) is 15.5 Å². The van der Waals surface area contributed by atoms with Gasteiger partial charge in [-0.05, 0) is 71.8 Å². The van der Waals surface area contributed by atoms with Crippen LogP contribution in [0, 0.1) is 6.92 Å². The number of carbonyl (C=O) groups excluding carboxylic acids is 1. The predicted molar refractivity (Wildman–Crippen MR) is 180 cm³/mol. The average molecular weight is 690 g/mol. The number of phenols is 1. The van der Waals surface area contributed by atoms with Gasteiger partial charge in [-0.25, -0.2) is 0 Å². The molecule has 0 saturated carbocycles. The highest BCUT2D eigenvalue weighted by atomic mass is 32.2. The number of hydrogen-bond acceptors (Lipinski definition) is 9. The third-order valence-corrected chi connectivity index (χ3v) is 8.97. The number of fused-ring (bicyclic) bond motifs is 1. The minimum Gasteiger partial charge on any atom is -0.505 e. The maximum absolute atomic E-state index is 13.0. The number of nitrogens with one attached hydrogen (secondary N) is 1. The molecule has 0 saturated heterocycles. The van der Waals surface area contributed by atoms with E-state index in [4.69, 9.17) is 4.74 Å². The highest BCUT2D eigenvalue weighted by Crippen LogP contribution is 2.46. The SMILES string of the molecule is Cc1ccc(C(C)(C)C)c(Oc2ccccc2N=Nc2c(S(=O)(=O)O)cc3cc(S(=O)(=O)O)cc(NC(=O)c4ccccc4)c3c2O)c1. The van der Waals surface area contributed by atoms with Gasteiger partial charge in [0.15, 0.2) is 11.5 Å². The lowest BCUT2D eigenvalue weighted by Gasteiger charge is -2.23. The molecule has 0 spiro atoms. The fraction of sp³-hybridized carbons (Fsp3) is 0.147. The van der Waals surface area contributed by atoms with E-state index in [1.165, 1.54) is 12.1 Å². The van der Waals surface area contributed by atoms with Gasteiger partial charge in [-0.2, -0.15) is 16.8 Å². The molecule has 0 bridgehead atoms. The quantitative estimate of drug-likeness (QED) is 0.0920. The molecule has 0 aliphatic carbocycles. The fourth-order valence-electron chi connectivity index (χ4n) is 4.97. The summed E-state index contributed by atoms with van der Waals surface area (Å²) >= 11 is 0. The van der Waals surface area contributed by atoms with Gasteiger partial charge >= 0.3 is 0 Å². The number of azo groups is 1. The minimum absolute atomic E-state index is 0.138. The van der Waals surface area contributed by atoms with Gasteiger partial charge in [-0.15, -0.1) is 10.2 Å². The molecule has 0 heterocycles. The monoisotopic (exact) mass is 689 g/mol. The molecule has 5 aromatic carbocycles. The van der Waals surface area contributed by atoms with E-state index in [9.17, 15) is 35.8 Å². The second-order valence-corrected chi connectivity index (χ2v) is 14.7. The number of rotatable bonds is 8. The summed E-state index contributed by atoms with van der Waals surface area (Å²) in [6, 6.07) is 22.8. The molecular weight excluding hydrogens is 659 g/mol. The van der Waals surface area contributed by atoms with Crippen LogP contribution in [0.5, 0.6) is 17.2 Å². The number of ether oxygens (including phenoxy) is 1. The molecule has 0 aliphatic heterocycles. The Morgan fingerprint density at radius 1 is 0.792 bits per heavy atom. The smallest absolute Gasteiger partial charge is 0.296 e. The van der Waals surface area contributed by atoms with Crippen molar-refractivity contribution in [2.24, 2.45) is 10.2 Å². The number of para-hydroxylation sites is 1. The molecule has 5 rings (SSSR count). The number of aryl methyl sites for hydroxylation is 1. The van der Waals surface area contributed by atoms with E-state index in [-0.39, 0.29) is 38.9 Å². The summed E-state index contributed by atoms with van der Waals surface area (Å²) in [4.78, 5) is 11.4. The van der Waals surface area contributed by atoms with Crippen molar-refractivity contribution in [2.45, 2.75) is 42.9 Å². The van der Waals surface area contributed by atoms with Crippen molar-refractivity contribution >= 4 is 54.0 Å². The van der Waals surface area contributed by atoms with Crippen molar-refractivity contribution in [3.8, 4) is 17.2 Å². The number of benzene rings is 5. The Morgan fingerprint density at radius 3 is 2.10 bits per heavy atom. The second-order valence-electron chi connectivity index (χ2n) is 11.9. The van der Waals surface area contributed by atoms with E-state index >= 15 is 0 Å². The summed E-state index contributed by atoms with van der Waals surface area (Å²) < 4.78 is 75.5. The van der Waals surface area contributed by atoms with Crippen LogP contribution >= 0.6 is 0 Å². The summed E-state index contributed by atoms with van der Waals surface area (Å²) in [5, 5.41) is 21.6. The zero-order valence-electron chi connectivity index (χ0n) is 26.2. The highest BCUT2D eigenvalue weighted by molar-refractivity contribution is 7.86. The van der Waals surface area contributed by atoms with Crippen molar-refractivity contribution in [3.63, 3.8) is 0 Å². The summed E-state index contributed by atoms with van der Waals surface area (Å²) in [6.45, 7) is 8.01. The normalized spacial score (nSPS) is 12.4. The maximum Gasteiger partial charge on any atom is 0.296 e. The molecule has 4 N–H and O–H groups in total. The zero-order chi connectivity index (χ0) is 35.0. The summed E-state index contributed by atoms with van der Waals surface area (Å²) in [5.41, 5.74) is 0.890. The molecule has 48 heavy (non-hydrogen) atoms. The van der Waals surface area contributed by atoms with Crippen LogP contribution in [0.4, 0.5) is 17.1 Å². The Morgan fingerprint density at radius 2 is 1.46 bits per heavy atom. The molecule has 0 radical (unpaired) electrons. The standard InChI is InChI=1S/C34H31N3O9S2/c1-20-14-15-24(34(2,3)4)28(16-20)46-27-13-9-8-12-25(27)36-37-31-29(48(43,44)45)18-22-17-23(47(40,41)42)19-26(30(22)32(31)38)35-33(39)21-10-6-5-7-11-21/h5-19,38H,1-4H3,(H,35,39)(H,40,41,42)(H,43,44,45). The lowest BCUT2D eigenvalue weighted by Crippen LogP contribution is -2.13. The zero-order valence-corrected chi connectivity index (χ0v) is 27.8. The molecule has 0 aliphatic rings. The molecule has 0 atom stereocenters. The van der Waals surface area contributed by atoms with Crippen LogP contribution in [0.1, 0.15) is 42.3 Å². The molecule has 5 aromatic rings. The summed E-state index contributed by atoms with van der Waals surface area (Å²) in [5.74, 6) is -0.755. The third kappa shape index (κ3) is 7.37. The molecule has 0 aromatic heterocycles. The molecule has 14 heteroatoms. The highest BCUT2D eigenvalue weighted by Gasteiger charge is 2.26. The Kier molecular flexibility index (Phi) is 9.12. The first-order valence-electron chi connectivity index (χ1n) is 14.4. The summed E-state index contributed by atoms with van der Waals surface area (Å²) in [6.07, 6.45) is 0. The van der Waals surface area contributed by atoms with Crippen molar-refractivity contribution < 1.29 is 40.6 Å². The van der Waals surface area contributed by atoms with Gasteiger partial charge in [-0.3, -0.25) is 13.9 Å². The molecular formula is C34H31N3O9S2. The van der Waals surface area contributed by atoms with Crippen LogP contribution in [0.25, 0.3) is 10.8 Å². The van der Waals surface area contributed by atoms with Crippen molar-refractivity contribution in [1.82, 2.24) is 0 Å². The molecule has 12 nitrogen and oxygen atoms in total. The maximum atomic E-state index is 13.0. The first-order chi connectivity index (χ1) is 22.4. The Bertz CT molecular complexity index is 2320. The first-order valence-corrected chi connectivity index (χ1v) is 17.3. The summed E-state index contributed by atoms with van der Waals surface area (Å²) in [7, 11) is -9.99. The number of phenolic OH excluding ortho intramolecular Hbond substituents is 1. The first kappa shape index (κ1) is 34.2. The number of nitrogens with zero attached hydrogens (tertiary/aromatic N) is 2. The second kappa shape index (κ2) is 12.8. The van der Waals surface area contributed by atoms with E-state index in [1.54, 1.807) is 42.5 Å². The fourth-order valence-corrected chi connectivity index (χ4v) is 6.17. The van der Waals surface area contributed by atoms with Gasteiger partial charge in [0.05, 0.1) is 10.6 Å². The Hall–Kier alpha value is -5.15. The van der Waals surface area contributed by atoms with E-state index in [0.717, 1.165) is 29.3 Å². The van der Waals surface area contributed by atoms with Gasteiger partial charge in [0.2, 0.25) is 0 Å². The van der Waals surface area contributed by atoms with Crippen LogP contribution in [0.3, 0.4) is 0 Å². The van der Waals surface area contributed by atoms with Crippen LogP contribution in [-0.2, 0) is 25.7 Å². The minimum atomic E-state index is -5.11. The molecule has 248 valence electrons. The predicted octanol–water partition coefficient (Wildman–Crippen LogP) is 8.10. The molecule has 0 fully saturated rings. The van der Waals surface area contributed by atoms with Crippen molar-refractivity contribution in [1.29, 1.82) is 0 Å². The van der Waals surface area contributed by atoms with Gasteiger partial charge < -0.3 is 15.2 Å². The number of amides is 1. The van der Waals surface area contributed by atoms with Crippen molar-refractivity contribution in [2.75, 3.05) is 5.32 Å². The average Bonchev–Trinajstić information content (AvgIpc) is 3.00. The molecule has 0 unspecified atom stereocenters. The third-order valence-electron chi connectivity index (χ3n) is 7.27. The van der Waals surface area contributed by atoms with Crippen LogP contribution in [0.2, 0.25) is 0 Å². The van der Waals surface area contributed by atoms with Gasteiger partial charge in [-0.1, -0.05) is 63.2 Å². The molecule has 1 amide bonds. The number of anilines is 1. The topological polar surface area (TPSA) is 192 Å². The van der Waals surface area contributed by atoms with E-state index < -0.39 is 47.4 Å². The number of hydrogen-bond donors (Lipinski definition) is 4. The Balaban J connectivity index is 1.69. The van der Waals surface area contributed by atoms with Crippen LogP contribution < -0.4 is 10.1 Å². The number of aromatic hydroxyl groups is 1. The van der Waals surface area contributed by atoms with Crippen molar-refractivity contribution in [3.05, 3.63) is 108 Å². The van der Waals surface area contributed by atoms with E-state index in [1.807, 2.05) is 45.9 Å². The largest absolute Gasteiger partial charge is 0.505 e. The van der Waals surface area contributed by atoms with E-state index in [0.29, 0.717) is 5.75 Å². The van der Waals surface area contributed by atoms with Gasteiger partial charge in [0.25, 0.3) is 26.1 Å². The lowest BCUT2D eigenvalue weighted by atomic mass is 9.86. The van der Waals surface area contributed by atoms with Gasteiger partial charge in [0, 0.05) is 16.5 Å². The van der Waals surface area contributed by atoms with Crippen LogP contribution in [-0.4, -0.2) is 37.0 Å². The van der Waals surface area contributed by atoms with Gasteiger partial charge in [0.1, 0.15) is 22.0 Å². The Labute approximate surface area is 277 Å².